The van der Waals surface area contributed by atoms with E-state index in [2.05, 4.69) is 15.5 Å². The molecule has 9 nitrogen and oxygen atoms in total. The predicted molar refractivity (Wildman–Crippen MR) is 130 cm³/mol. The van der Waals surface area contributed by atoms with Crippen LogP contribution in [0.15, 0.2) is 48.6 Å². The number of ether oxygens (including phenoxy) is 1. The van der Waals surface area contributed by atoms with Crippen LogP contribution in [0.4, 0.5) is 0 Å². The fourth-order valence-corrected chi connectivity index (χ4v) is 6.37. The first kappa shape index (κ1) is 23.1. The van der Waals surface area contributed by atoms with Crippen molar-refractivity contribution in [2.45, 2.75) is 31.6 Å². The van der Waals surface area contributed by atoms with Gasteiger partial charge in [-0.1, -0.05) is 59.6 Å². The van der Waals surface area contributed by atoms with Gasteiger partial charge >= 0.3 is 5.97 Å². The lowest BCUT2D eigenvalue weighted by Gasteiger charge is -2.30. The molecular weight excluding hydrogens is 505 g/mol. The maximum atomic E-state index is 14.0. The Morgan fingerprint density at radius 3 is 2.67 bits per heavy atom. The van der Waals surface area contributed by atoms with Gasteiger partial charge in [0.25, 0.3) is 0 Å². The lowest BCUT2D eigenvalue weighted by atomic mass is 9.77. The number of tetrazole rings is 1. The molecule has 184 valence electrons. The van der Waals surface area contributed by atoms with Gasteiger partial charge in [0, 0.05) is 15.6 Å². The van der Waals surface area contributed by atoms with Crippen molar-refractivity contribution in [1.29, 1.82) is 0 Å². The normalized spacial score (nSPS) is 27.1. The highest BCUT2D eigenvalue weighted by molar-refractivity contribution is 6.35. The van der Waals surface area contributed by atoms with Gasteiger partial charge in [0.05, 0.1) is 24.3 Å². The summed E-state index contributed by atoms with van der Waals surface area (Å²) in [5, 5.41) is 23.2. The lowest BCUT2D eigenvalue weighted by Crippen LogP contribution is -2.39. The number of amides is 1. The van der Waals surface area contributed by atoms with Crippen LogP contribution in [0.25, 0.3) is 5.69 Å². The molecule has 0 unspecified atom stereocenters. The summed E-state index contributed by atoms with van der Waals surface area (Å²) in [6.45, 7) is 4.05. The molecule has 5 atom stereocenters. The van der Waals surface area contributed by atoms with E-state index in [1.807, 2.05) is 38.1 Å². The summed E-state index contributed by atoms with van der Waals surface area (Å²) in [6.07, 6.45) is 2.92. The second kappa shape index (κ2) is 8.12. The Kier molecular flexibility index (Phi) is 5.22. The Labute approximate surface area is 216 Å². The second-order valence-electron chi connectivity index (χ2n) is 9.46. The van der Waals surface area contributed by atoms with Crippen LogP contribution >= 0.6 is 23.2 Å². The topological polar surface area (TPSA) is 110 Å². The smallest absolute Gasteiger partial charge is 0.310 e. The van der Waals surface area contributed by atoms with E-state index in [-0.39, 0.29) is 12.5 Å². The third kappa shape index (κ3) is 3.23. The highest BCUT2D eigenvalue weighted by Crippen LogP contribution is 2.54. The van der Waals surface area contributed by atoms with Crippen molar-refractivity contribution in [3.8, 4) is 5.69 Å². The summed E-state index contributed by atoms with van der Waals surface area (Å²) in [6, 6.07) is 10.1. The van der Waals surface area contributed by atoms with Crippen LogP contribution in [-0.2, 0) is 14.3 Å². The maximum Gasteiger partial charge on any atom is 0.310 e. The Bertz CT molecular complexity index is 1440. The number of carboxylic acid groups (broad SMARTS) is 1. The molecule has 0 radical (unpaired) electrons. The van der Waals surface area contributed by atoms with Gasteiger partial charge < -0.3 is 14.7 Å². The molecule has 0 saturated carbocycles. The minimum Gasteiger partial charge on any atom is -0.481 e. The van der Waals surface area contributed by atoms with Gasteiger partial charge in [0.1, 0.15) is 17.6 Å². The molecule has 2 aromatic carbocycles. The first-order valence-electron chi connectivity index (χ1n) is 11.4. The van der Waals surface area contributed by atoms with E-state index in [4.69, 9.17) is 27.9 Å². The molecule has 11 heteroatoms. The van der Waals surface area contributed by atoms with E-state index in [0.29, 0.717) is 21.4 Å². The molecule has 1 spiro atoms. The number of carbonyl (C=O) groups is 2. The van der Waals surface area contributed by atoms with E-state index in [0.717, 1.165) is 16.8 Å². The van der Waals surface area contributed by atoms with Gasteiger partial charge in [-0.2, -0.15) is 4.68 Å². The predicted octanol–water partition coefficient (Wildman–Crippen LogP) is 3.54. The number of rotatable bonds is 5. The van der Waals surface area contributed by atoms with Crippen molar-refractivity contribution < 1.29 is 19.4 Å². The van der Waals surface area contributed by atoms with Gasteiger partial charge in [-0.25, -0.2) is 0 Å². The van der Waals surface area contributed by atoms with Crippen molar-refractivity contribution in [3.63, 3.8) is 0 Å². The summed E-state index contributed by atoms with van der Waals surface area (Å²) in [5.74, 6) is -2.87. The lowest BCUT2D eigenvalue weighted by molar-refractivity contribution is -0.148. The molecule has 4 heterocycles. The van der Waals surface area contributed by atoms with Crippen LogP contribution < -0.4 is 0 Å². The molecule has 36 heavy (non-hydrogen) atoms. The SMILES string of the molecule is Cc1cccc(C)c1-n1nnnc1[C@H](c1ccc(Cl)cc1Cl)N1C[C@]23C=C[C@@H](O2)[C@H](C(=O)O)[C@@H]3C1=O. The number of aryl methyl sites for hydroxylation is 2. The van der Waals surface area contributed by atoms with Crippen LogP contribution in [0.1, 0.15) is 28.6 Å². The molecule has 2 fully saturated rings. The highest BCUT2D eigenvalue weighted by atomic mass is 35.5. The van der Waals surface area contributed by atoms with Crippen molar-refractivity contribution in [1.82, 2.24) is 25.1 Å². The minimum absolute atomic E-state index is 0.135. The molecule has 0 aliphatic carbocycles. The van der Waals surface area contributed by atoms with E-state index < -0.39 is 35.6 Å². The van der Waals surface area contributed by atoms with Crippen LogP contribution in [0.2, 0.25) is 10.0 Å². The van der Waals surface area contributed by atoms with Gasteiger partial charge in [0.15, 0.2) is 5.82 Å². The highest BCUT2D eigenvalue weighted by Gasteiger charge is 2.68. The first-order chi connectivity index (χ1) is 17.2. The monoisotopic (exact) mass is 525 g/mol. The van der Waals surface area contributed by atoms with E-state index in [1.165, 1.54) is 0 Å². The summed E-state index contributed by atoms with van der Waals surface area (Å²) >= 11 is 12.8. The summed E-state index contributed by atoms with van der Waals surface area (Å²) in [4.78, 5) is 27.6. The van der Waals surface area contributed by atoms with Crippen LogP contribution in [-0.4, -0.2) is 60.3 Å². The Morgan fingerprint density at radius 1 is 1.22 bits per heavy atom. The molecule has 3 aliphatic heterocycles. The molecule has 2 saturated heterocycles. The molecule has 1 aromatic heterocycles. The average molecular weight is 526 g/mol. The third-order valence-corrected chi connectivity index (χ3v) is 7.94. The van der Waals surface area contributed by atoms with Gasteiger partial charge in [-0.05, 0) is 47.5 Å². The largest absolute Gasteiger partial charge is 0.481 e. The number of likely N-dealkylation sites (tertiary alicyclic amines) is 1. The van der Waals surface area contributed by atoms with Crippen molar-refractivity contribution >= 4 is 35.1 Å². The Hall–Kier alpha value is -3.27. The van der Waals surface area contributed by atoms with Crippen LogP contribution in [0, 0.1) is 25.7 Å². The van der Waals surface area contributed by atoms with Gasteiger partial charge in [-0.15, -0.1) is 5.10 Å². The number of nitrogens with zero attached hydrogens (tertiary/aromatic N) is 5. The van der Waals surface area contributed by atoms with E-state index in [1.54, 1.807) is 33.9 Å². The second-order valence-corrected chi connectivity index (χ2v) is 10.3. The van der Waals surface area contributed by atoms with Crippen LogP contribution in [0.5, 0.6) is 0 Å². The molecule has 3 aliphatic rings. The zero-order valence-corrected chi connectivity index (χ0v) is 20.8. The number of carbonyl (C=O) groups excluding carboxylic acids is 1. The number of carboxylic acids is 1. The zero-order chi connectivity index (χ0) is 25.4. The quantitative estimate of drug-likeness (QED) is 0.507. The first-order valence-corrected chi connectivity index (χ1v) is 12.2. The maximum absolute atomic E-state index is 14.0. The number of benzene rings is 2. The number of fused-ring (bicyclic) bond motifs is 1. The Balaban J connectivity index is 1.53. The molecular formula is C25H21Cl2N5O4. The number of aliphatic carboxylic acids is 1. The van der Waals surface area contributed by atoms with E-state index in [9.17, 15) is 14.7 Å². The summed E-state index contributed by atoms with van der Waals surface area (Å²) in [7, 11) is 0. The van der Waals surface area contributed by atoms with Gasteiger partial charge in [0.2, 0.25) is 5.91 Å². The van der Waals surface area contributed by atoms with E-state index >= 15 is 0 Å². The fraction of sp³-hybridized carbons (Fsp3) is 0.320. The van der Waals surface area contributed by atoms with Crippen LogP contribution in [0.3, 0.4) is 0 Å². The number of hydrogen-bond donors (Lipinski definition) is 1. The average Bonchev–Trinajstić information content (AvgIpc) is 3.57. The summed E-state index contributed by atoms with van der Waals surface area (Å²) in [5.41, 5.74) is 2.22. The third-order valence-electron chi connectivity index (χ3n) is 7.37. The van der Waals surface area contributed by atoms with Crippen molar-refractivity contribution in [2.24, 2.45) is 11.8 Å². The standard InChI is InChI=1S/C25H21Cl2N5O4/c1-12-4-3-5-13(2)20(12)32-22(28-29-30-32)21(15-7-6-14(26)10-16(15)27)31-11-25-9-8-17(36-25)18(24(34)35)19(25)23(31)33/h3-10,17-19,21H,11H2,1-2H3,(H,34,35)/t17-,18+,19-,21+,25+/m1/s1. The zero-order valence-electron chi connectivity index (χ0n) is 19.3. The molecule has 1 N–H and O–H groups in total. The molecule has 1 amide bonds. The molecule has 6 rings (SSSR count). The molecule has 3 aromatic rings. The minimum atomic E-state index is -1.06. The number of halogens is 2. The van der Waals surface area contributed by atoms with Crippen molar-refractivity contribution in [3.05, 3.63) is 81.1 Å². The summed E-state index contributed by atoms with van der Waals surface area (Å²) < 4.78 is 7.71. The molecule has 2 bridgehead atoms. The number of aromatic nitrogens is 4. The number of hydrogen-bond acceptors (Lipinski definition) is 6. The fourth-order valence-electron chi connectivity index (χ4n) is 5.86. The number of para-hydroxylation sites is 1. The van der Waals surface area contributed by atoms with Gasteiger partial charge in [-0.3, -0.25) is 9.59 Å². The Morgan fingerprint density at radius 2 is 1.97 bits per heavy atom. The van der Waals surface area contributed by atoms with Crippen molar-refractivity contribution in [2.75, 3.05) is 6.54 Å².